The molecule has 0 spiro atoms. The van der Waals surface area contributed by atoms with Gasteiger partial charge in [-0.1, -0.05) is 30.0 Å². The molecule has 0 aromatic carbocycles. The zero-order valence-electron chi connectivity index (χ0n) is 7.86. The first kappa shape index (κ1) is 11.7. The van der Waals surface area contributed by atoms with E-state index in [4.69, 9.17) is 12.2 Å². The number of carbonyl (C=O) groups is 1. The van der Waals surface area contributed by atoms with Crippen LogP contribution in [-0.2, 0) is 4.79 Å². The number of nitrogens with one attached hydrogen (secondary N) is 2. The van der Waals surface area contributed by atoms with Crippen LogP contribution in [0, 0.1) is 9.87 Å². The SMILES string of the molecule is CNC(=O)C(C)CSc1n[nH]c(=S)s1. The van der Waals surface area contributed by atoms with E-state index in [-0.39, 0.29) is 11.8 Å². The molecular weight excluding hydrogens is 238 g/mol. The average molecular weight is 249 g/mol. The standard InChI is InChI=1S/C7H11N3OS3/c1-4(5(11)8-2)3-13-7-10-9-6(12)14-7/h4H,3H2,1-2H3,(H,8,11)(H,9,12). The van der Waals surface area contributed by atoms with Crippen LogP contribution in [0.1, 0.15) is 6.92 Å². The minimum atomic E-state index is -0.0116. The van der Waals surface area contributed by atoms with Crippen LogP contribution in [0.4, 0.5) is 0 Å². The van der Waals surface area contributed by atoms with Crippen LogP contribution < -0.4 is 5.32 Å². The van der Waals surface area contributed by atoms with Gasteiger partial charge in [-0.05, 0) is 12.2 Å². The first-order chi connectivity index (χ1) is 6.63. The normalized spacial score (nSPS) is 12.4. The maximum absolute atomic E-state index is 11.2. The smallest absolute Gasteiger partial charge is 0.223 e. The van der Waals surface area contributed by atoms with Gasteiger partial charge in [0.2, 0.25) is 5.91 Å². The quantitative estimate of drug-likeness (QED) is 0.629. The van der Waals surface area contributed by atoms with Crippen molar-refractivity contribution >= 4 is 41.2 Å². The fourth-order valence-corrected chi connectivity index (χ4v) is 2.92. The molecule has 0 aliphatic heterocycles. The number of aromatic nitrogens is 2. The van der Waals surface area contributed by atoms with Crippen LogP contribution in [0.25, 0.3) is 0 Å². The molecule has 1 aromatic rings. The van der Waals surface area contributed by atoms with E-state index < -0.39 is 0 Å². The summed E-state index contributed by atoms with van der Waals surface area (Å²) in [6, 6.07) is 0. The van der Waals surface area contributed by atoms with E-state index in [0.29, 0.717) is 3.95 Å². The summed E-state index contributed by atoms with van der Waals surface area (Å²) < 4.78 is 1.55. The lowest BCUT2D eigenvalue weighted by molar-refractivity contribution is -0.123. The lowest BCUT2D eigenvalue weighted by atomic mass is 10.2. The van der Waals surface area contributed by atoms with Crippen LogP contribution in [0.15, 0.2) is 4.34 Å². The van der Waals surface area contributed by atoms with Gasteiger partial charge in [0.25, 0.3) is 0 Å². The molecule has 1 atom stereocenters. The van der Waals surface area contributed by atoms with Crippen molar-refractivity contribution in [3.63, 3.8) is 0 Å². The number of hydrogen-bond donors (Lipinski definition) is 2. The summed E-state index contributed by atoms with van der Waals surface area (Å²) in [6.07, 6.45) is 0. The highest BCUT2D eigenvalue weighted by molar-refractivity contribution is 8.01. The molecule has 0 aliphatic carbocycles. The summed E-state index contributed by atoms with van der Waals surface area (Å²) in [5.74, 6) is 0.759. The minimum absolute atomic E-state index is 0.0116. The van der Waals surface area contributed by atoms with E-state index in [1.54, 1.807) is 18.8 Å². The third-order valence-electron chi connectivity index (χ3n) is 1.57. The average Bonchev–Trinajstić information content (AvgIpc) is 2.59. The molecule has 0 saturated carbocycles. The molecule has 1 rings (SSSR count). The Bertz CT molecular complexity index is 359. The molecule has 1 unspecified atom stereocenters. The van der Waals surface area contributed by atoms with Crippen molar-refractivity contribution in [1.29, 1.82) is 0 Å². The largest absolute Gasteiger partial charge is 0.359 e. The third kappa shape index (κ3) is 3.39. The molecular formula is C7H11N3OS3. The second-order valence-corrected chi connectivity index (χ2v) is 5.64. The Balaban J connectivity index is 2.41. The number of thioether (sulfide) groups is 1. The van der Waals surface area contributed by atoms with Gasteiger partial charge in [0.15, 0.2) is 8.29 Å². The lowest BCUT2D eigenvalue weighted by Crippen LogP contribution is -2.26. The summed E-state index contributed by atoms with van der Waals surface area (Å²) in [6.45, 7) is 1.89. The lowest BCUT2D eigenvalue weighted by Gasteiger charge is -2.06. The Hall–Kier alpha value is -0.400. The van der Waals surface area contributed by atoms with Gasteiger partial charge < -0.3 is 5.32 Å². The van der Waals surface area contributed by atoms with E-state index in [9.17, 15) is 4.79 Å². The number of rotatable bonds is 4. The highest BCUT2D eigenvalue weighted by Gasteiger charge is 2.11. The minimum Gasteiger partial charge on any atom is -0.359 e. The van der Waals surface area contributed by atoms with Crippen molar-refractivity contribution in [2.24, 2.45) is 5.92 Å². The zero-order chi connectivity index (χ0) is 10.6. The van der Waals surface area contributed by atoms with Crippen LogP contribution in [0.3, 0.4) is 0 Å². The van der Waals surface area contributed by atoms with Crippen LogP contribution >= 0.6 is 35.3 Å². The van der Waals surface area contributed by atoms with E-state index in [1.807, 2.05) is 6.92 Å². The summed E-state index contributed by atoms with van der Waals surface area (Å²) in [7, 11) is 1.64. The van der Waals surface area contributed by atoms with Gasteiger partial charge in [0.1, 0.15) is 0 Å². The fourth-order valence-electron chi connectivity index (χ4n) is 0.796. The van der Waals surface area contributed by atoms with Gasteiger partial charge in [-0.2, -0.15) is 5.10 Å². The number of nitrogens with zero attached hydrogens (tertiary/aromatic N) is 1. The second kappa shape index (κ2) is 5.47. The van der Waals surface area contributed by atoms with E-state index in [1.165, 1.54) is 11.3 Å². The van der Waals surface area contributed by atoms with Gasteiger partial charge in [0.05, 0.1) is 0 Å². The Morgan fingerprint density at radius 1 is 1.86 bits per heavy atom. The fraction of sp³-hybridized carbons (Fsp3) is 0.571. The van der Waals surface area contributed by atoms with Crippen molar-refractivity contribution in [2.75, 3.05) is 12.8 Å². The zero-order valence-corrected chi connectivity index (χ0v) is 10.3. The molecule has 4 nitrogen and oxygen atoms in total. The highest BCUT2D eigenvalue weighted by atomic mass is 32.2. The molecule has 7 heteroatoms. The maximum Gasteiger partial charge on any atom is 0.223 e. The van der Waals surface area contributed by atoms with Crippen molar-refractivity contribution < 1.29 is 4.79 Å². The Morgan fingerprint density at radius 3 is 3.07 bits per heavy atom. The predicted molar refractivity (Wildman–Crippen MR) is 61.3 cm³/mol. The molecule has 14 heavy (non-hydrogen) atoms. The molecule has 1 aromatic heterocycles. The third-order valence-corrected chi connectivity index (χ3v) is 4.06. The van der Waals surface area contributed by atoms with Crippen LogP contribution in [0.5, 0.6) is 0 Å². The molecule has 0 aliphatic rings. The summed E-state index contributed by atoms with van der Waals surface area (Å²) >= 11 is 7.87. The molecule has 0 bridgehead atoms. The predicted octanol–water partition coefficient (Wildman–Crippen LogP) is 1.67. The van der Waals surface area contributed by atoms with Gasteiger partial charge in [0, 0.05) is 18.7 Å². The number of carbonyl (C=O) groups excluding carboxylic acids is 1. The summed E-state index contributed by atoms with van der Waals surface area (Å²) in [4.78, 5) is 11.2. The van der Waals surface area contributed by atoms with E-state index in [2.05, 4.69) is 15.5 Å². The topological polar surface area (TPSA) is 57.8 Å². The molecule has 0 saturated heterocycles. The molecule has 78 valence electrons. The summed E-state index contributed by atoms with van der Waals surface area (Å²) in [5.41, 5.74) is 0. The first-order valence-electron chi connectivity index (χ1n) is 4.03. The maximum atomic E-state index is 11.2. The van der Waals surface area contributed by atoms with Gasteiger partial charge in [-0.25, -0.2) is 0 Å². The molecule has 0 fully saturated rings. The van der Waals surface area contributed by atoms with Gasteiger partial charge in [-0.3, -0.25) is 9.89 Å². The van der Waals surface area contributed by atoms with Gasteiger partial charge in [-0.15, -0.1) is 0 Å². The molecule has 0 radical (unpaired) electrons. The van der Waals surface area contributed by atoms with Crippen molar-refractivity contribution in [3.05, 3.63) is 3.95 Å². The monoisotopic (exact) mass is 249 g/mol. The van der Waals surface area contributed by atoms with Crippen molar-refractivity contribution in [3.8, 4) is 0 Å². The van der Waals surface area contributed by atoms with Crippen LogP contribution in [0.2, 0.25) is 0 Å². The number of hydrogen-bond acceptors (Lipinski definition) is 5. The van der Waals surface area contributed by atoms with Gasteiger partial charge >= 0.3 is 0 Å². The number of aromatic amines is 1. The Morgan fingerprint density at radius 2 is 2.57 bits per heavy atom. The van der Waals surface area contributed by atoms with E-state index >= 15 is 0 Å². The van der Waals surface area contributed by atoms with Crippen LogP contribution in [-0.4, -0.2) is 28.9 Å². The van der Waals surface area contributed by atoms with E-state index in [0.717, 1.165) is 10.1 Å². The number of H-pyrrole nitrogens is 1. The van der Waals surface area contributed by atoms with Crippen molar-refractivity contribution in [1.82, 2.24) is 15.5 Å². The molecule has 1 amide bonds. The second-order valence-electron chi connectivity index (χ2n) is 2.71. The first-order valence-corrected chi connectivity index (χ1v) is 6.24. The number of amides is 1. The highest BCUT2D eigenvalue weighted by Crippen LogP contribution is 2.22. The Kier molecular flexibility index (Phi) is 4.56. The van der Waals surface area contributed by atoms with Crippen molar-refractivity contribution in [2.45, 2.75) is 11.3 Å². The Labute approximate surface area is 95.5 Å². The summed E-state index contributed by atoms with van der Waals surface area (Å²) in [5, 5.41) is 9.30. The molecule has 1 heterocycles. The molecule has 2 N–H and O–H groups in total.